The lowest BCUT2D eigenvalue weighted by molar-refractivity contribution is -0.0499. The monoisotopic (exact) mass is 312 g/mol. The third kappa shape index (κ3) is 4.65. The minimum Gasteiger partial charge on any atom is -0.435 e. The fourth-order valence-electron chi connectivity index (χ4n) is 3.35. The minimum atomic E-state index is -2.78. The molecule has 124 valence electrons. The van der Waals surface area contributed by atoms with Gasteiger partial charge in [-0.25, -0.2) is 0 Å². The van der Waals surface area contributed by atoms with E-state index < -0.39 is 6.61 Å². The molecular formula is C17H26F2N2O. The SMILES string of the molecule is CCCC(C)[C@H](c1cccc(OC(F)F)c1)N1CCNCC1. The highest BCUT2D eigenvalue weighted by Crippen LogP contribution is 2.33. The van der Waals surface area contributed by atoms with Crippen LogP contribution in [0, 0.1) is 5.92 Å². The maximum Gasteiger partial charge on any atom is 0.387 e. The number of benzene rings is 1. The smallest absolute Gasteiger partial charge is 0.387 e. The molecule has 22 heavy (non-hydrogen) atoms. The summed E-state index contributed by atoms with van der Waals surface area (Å²) >= 11 is 0. The first-order valence-electron chi connectivity index (χ1n) is 8.11. The Balaban J connectivity index is 2.23. The largest absolute Gasteiger partial charge is 0.435 e. The van der Waals surface area contributed by atoms with E-state index in [0.717, 1.165) is 44.6 Å². The molecule has 0 radical (unpaired) electrons. The molecule has 1 aliphatic rings. The van der Waals surface area contributed by atoms with E-state index in [2.05, 4.69) is 28.8 Å². The van der Waals surface area contributed by atoms with Crippen molar-refractivity contribution in [1.82, 2.24) is 10.2 Å². The van der Waals surface area contributed by atoms with Crippen LogP contribution in [0.15, 0.2) is 24.3 Å². The molecule has 1 unspecified atom stereocenters. The summed E-state index contributed by atoms with van der Waals surface area (Å²) in [7, 11) is 0. The molecule has 1 aromatic carbocycles. The van der Waals surface area contributed by atoms with Gasteiger partial charge in [0, 0.05) is 32.2 Å². The van der Waals surface area contributed by atoms with Crippen LogP contribution in [-0.4, -0.2) is 37.7 Å². The molecule has 1 aliphatic heterocycles. The number of halogens is 2. The first kappa shape index (κ1) is 17.2. The van der Waals surface area contributed by atoms with Gasteiger partial charge < -0.3 is 10.1 Å². The van der Waals surface area contributed by atoms with Crippen LogP contribution in [0.25, 0.3) is 0 Å². The van der Waals surface area contributed by atoms with E-state index in [4.69, 9.17) is 0 Å². The van der Waals surface area contributed by atoms with Crippen molar-refractivity contribution in [3.8, 4) is 5.75 Å². The molecule has 1 heterocycles. The summed E-state index contributed by atoms with van der Waals surface area (Å²) in [5, 5.41) is 3.36. The Morgan fingerprint density at radius 2 is 2.00 bits per heavy atom. The Labute approximate surface area is 131 Å². The molecule has 2 atom stereocenters. The molecule has 0 amide bonds. The zero-order valence-corrected chi connectivity index (χ0v) is 13.4. The van der Waals surface area contributed by atoms with E-state index >= 15 is 0 Å². The molecule has 2 rings (SSSR count). The number of rotatable bonds is 7. The lowest BCUT2D eigenvalue weighted by Crippen LogP contribution is -2.46. The fraction of sp³-hybridized carbons (Fsp3) is 0.647. The van der Waals surface area contributed by atoms with Crippen molar-refractivity contribution >= 4 is 0 Å². The van der Waals surface area contributed by atoms with Crippen LogP contribution in [0.4, 0.5) is 8.78 Å². The van der Waals surface area contributed by atoms with Crippen LogP contribution < -0.4 is 10.1 Å². The topological polar surface area (TPSA) is 24.5 Å². The maximum absolute atomic E-state index is 12.4. The van der Waals surface area contributed by atoms with Crippen LogP contribution in [0.1, 0.15) is 38.3 Å². The number of piperazine rings is 1. The third-order valence-electron chi connectivity index (χ3n) is 4.25. The summed E-state index contributed by atoms with van der Waals surface area (Å²) < 4.78 is 29.5. The summed E-state index contributed by atoms with van der Waals surface area (Å²) in [5.74, 6) is 0.723. The van der Waals surface area contributed by atoms with E-state index in [-0.39, 0.29) is 11.8 Å². The van der Waals surface area contributed by atoms with Crippen LogP contribution in [0.2, 0.25) is 0 Å². The molecule has 0 spiro atoms. The Morgan fingerprint density at radius 3 is 2.64 bits per heavy atom. The molecule has 5 heteroatoms. The van der Waals surface area contributed by atoms with Crippen LogP contribution in [-0.2, 0) is 0 Å². The van der Waals surface area contributed by atoms with E-state index in [1.54, 1.807) is 18.2 Å². The Hall–Kier alpha value is -1.20. The first-order valence-corrected chi connectivity index (χ1v) is 8.11. The zero-order chi connectivity index (χ0) is 15.9. The Morgan fingerprint density at radius 1 is 1.27 bits per heavy atom. The highest BCUT2D eigenvalue weighted by Gasteiger charge is 2.27. The number of hydrogen-bond donors (Lipinski definition) is 1. The average molecular weight is 312 g/mol. The predicted octanol–water partition coefficient (Wildman–Crippen LogP) is 3.67. The third-order valence-corrected chi connectivity index (χ3v) is 4.25. The van der Waals surface area contributed by atoms with Gasteiger partial charge in [0.1, 0.15) is 5.75 Å². The number of nitrogens with one attached hydrogen (secondary N) is 1. The van der Waals surface area contributed by atoms with Gasteiger partial charge in [0.05, 0.1) is 0 Å². The van der Waals surface area contributed by atoms with Gasteiger partial charge in [-0.1, -0.05) is 32.4 Å². The van der Waals surface area contributed by atoms with Gasteiger partial charge in [0.2, 0.25) is 0 Å². The number of ether oxygens (including phenoxy) is 1. The summed E-state index contributed by atoms with van der Waals surface area (Å²) in [5.41, 5.74) is 1.07. The summed E-state index contributed by atoms with van der Waals surface area (Å²) in [6, 6.07) is 7.45. The van der Waals surface area contributed by atoms with Gasteiger partial charge in [-0.3, -0.25) is 4.90 Å². The normalized spacial score (nSPS) is 19.1. The predicted molar refractivity (Wildman–Crippen MR) is 84.3 cm³/mol. The molecule has 1 aromatic rings. The molecule has 1 N–H and O–H groups in total. The molecular weight excluding hydrogens is 286 g/mol. The van der Waals surface area contributed by atoms with Crippen LogP contribution >= 0.6 is 0 Å². The second-order valence-corrected chi connectivity index (χ2v) is 5.95. The minimum absolute atomic E-state index is 0.247. The molecule has 0 aromatic heterocycles. The van der Waals surface area contributed by atoms with Crippen molar-refractivity contribution < 1.29 is 13.5 Å². The fourth-order valence-corrected chi connectivity index (χ4v) is 3.35. The molecule has 1 saturated heterocycles. The molecule has 0 aliphatic carbocycles. The van der Waals surface area contributed by atoms with Gasteiger partial charge >= 0.3 is 6.61 Å². The zero-order valence-electron chi connectivity index (χ0n) is 13.4. The number of alkyl halides is 2. The van der Waals surface area contributed by atoms with Crippen LogP contribution in [0.3, 0.4) is 0 Å². The second kappa shape index (κ2) is 8.44. The van der Waals surface area contributed by atoms with Crippen molar-refractivity contribution in [2.24, 2.45) is 5.92 Å². The van der Waals surface area contributed by atoms with E-state index in [1.165, 1.54) is 0 Å². The summed E-state index contributed by atoms with van der Waals surface area (Å²) in [4.78, 5) is 2.46. The van der Waals surface area contributed by atoms with Gasteiger partial charge in [-0.15, -0.1) is 0 Å². The highest BCUT2D eigenvalue weighted by molar-refractivity contribution is 5.31. The highest BCUT2D eigenvalue weighted by atomic mass is 19.3. The second-order valence-electron chi connectivity index (χ2n) is 5.95. The van der Waals surface area contributed by atoms with Crippen molar-refractivity contribution in [3.63, 3.8) is 0 Å². The quantitative estimate of drug-likeness (QED) is 0.831. The lowest BCUT2D eigenvalue weighted by Gasteiger charge is -2.38. The van der Waals surface area contributed by atoms with Crippen LogP contribution in [0.5, 0.6) is 5.75 Å². The standard InChI is InChI=1S/C17H26F2N2O/c1-3-5-13(2)16(21-10-8-20-9-11-21)14-6-4-7-15(12-14)22-17(18)19/h4,6-7,12-13,16-17,20H,3,5,8-11H2,1-2H3/t13?,16-/m1/s1. The Bertz CT molecular complexity index is 450. The molecule has 1 fully saturated rings. The first-order chi connectivity index (χ1) is 10.6. The van der Waals surface area contributed by atoms with Gasteiger partial charge in [-0.2, -0.15) is 8.78 Å². The summed E-state index contributed by atoms with van der Waals surface area (Å²) in [6.07, 6.45) is 2.24. The molecule has 0 bridgehead atoms. The number of hydrogen-bond acceptors (Lipinski definition) is 3. The average Bonchev–Trinajstić information content (AvgIpc) is 2.48. The lowest BCUT2D eigenvalue weighted by atomic mass is 9.89. The van der Waals surface area contributed by atoms with E-state index in [0.29, 0.717) is 5.92 Å². The Kier molecular flexibility index (Phi) is 6.58. The maximum atomic E-state index is 12.4. The van der Waals surface area contributed by atoms with Crippen molar-refractivity contribution in [2.75, 3.05) is 26.2 Å². The van der Waals surface area contributed by atoms with E-state index in [9.17, 15) is 8.78 Å². The van der Waals surface area contributed by atoms with Crippen molar-refractivity contribution in [3.05, 3.63) is 29.8 Å². The van der Waals surface area contributed by atoms with Crippen molar-refractivity contribution in [1.29, 1.82) is 0 Å². The van der Waals surface area contributed by atoms with Gasteiger partial charge in [0.15, 0.2) is 0 Å². The van der Waals surface area contributed by atoms with Crippen molar-refractivity contribution in [2.45, 2.75) is 39.3 Å². The van der Waals surface area contributed by atoms with Gasteiger partial charge in [-0.05, 0) is 30.0 Å². The van der Waals surface area contributed by atoms with Gasteiger partial charge in [0.25, 0.3) is 0 Å². The molecule has 0 saturated carbocycles. The molecule has 3 nitrogen and oxygen atoms in total. The number of nitrogens with zero attached hydrogens (tertiary/aromatic N) is 1. The summed E-state index contributed by atoms with van der Waals surface area (Å²) in [6.45, 7) is 5.57. The van der Waals surface area contributed by atoms with E-state index in [1.807, 2.05) is 6.07 Å².